The van der Waals surface area contributed by atoms with Gasteiger partial charge in [-0.3, -0.25) is 0 Å². The number of para-hydroxylation sites is 3. The van der Waals surface area contributed by atoms with Crippen LogP contribution in [0.5, 0.6) is 0 Å². The number of thiophene rings is 2. The fourth-order valence-corrected chi connectivity index (χ4v) is 22.8. The van der Waals surface area contributed by atoms with Crippen LogP contribution >= 0.6 is 34.4 Å². The standard InChI is InChI=1S/C43H31NS.C37H27NOS.C34H21NOS/c1-43(2)39-16-7-5-13-34(39)35-23-20-29(24-40(35)43)27-18-21-30(22-19-27)44-31-25-37(33-15-9-11-28-10-3-4-12-32(28)33)42-38(26-31)36-14-6-8-17-41(36)45-42;1-37(2)31-12-6-8-14-34(31)40-35-18-17-26(22-32(35)37)38-27-20-29(25-16-15-23-9-3-4-10-24(23)19-25)36-30(21-27)28-11-5-7-13-33(28)39-36;1-2-10-23(11-3-1)35-29-18-22(19-31-34(29)26-13-4-6-15-30(26)36-31)24-14-8-9-21-17-28-25-12-5-7-16-32(25)37-33(28)20-27(21)24/h3-26,44H,1-2H3;3-22,38H,1-2H3;1-20,35H. The smallest absolute Gasteiger partial charge is 0.143 e. The molecule has 0 radical (unpaired) electrons. The fourth-order valence-electron chi connectivity index (χ4n) is 19.0. The van der Waals surface area contributed by atoms with Gasteiger partial charge in [0.2, 0.25) is 0 Å². The molecule has 0 spiro atoms. The first-order valence-corrected chi connectivity index (χ1v) is 44.2. The lowest BCUT2D eigenvalue weighted by molar-refractivity contribution is 0.607. The highest BCUT2D eigenvalue weighted by Gasteiger charge is 2.36. The summed E-state index contributed by atoms with van der Waals surface area (Å²) in [5.41, 5.74) is 27.8. The van der Waals surface area contributed by atoms with Gasteiger partial charge in [-0.05, 0) is 233 Å². The van der Waals surface area contributed by atoms with Crippen molar-refractivity contribution in [3.63, 3.8) is 0 Å². The van der Waals surface area contributed by atoms with Crippen LogP contribution in [0.4, 0.5) is 34.1 Å². The maximum Gasteiger partial charge on any atom is 0.143 e. The molecule has 122 heavy (non-hydrogen) atoms. The zero-order chi connectivity index (χ0) is 81.3. The van der Waals surface area contributed by atoms with Gasteiger partial charge in [-0.2, -0.15) is 0 Å². The van der Waals surface area contributed by atoms with Gasteiger partial charge in [0.05, 0.1) is 11.1 Å². The van der Waals surface area contributed by atoms with E-state index in [0.29, 0.717) is 0 Å². The molecule has 3 N–H and O–H groups in total. The van der Waals surface area contributed by atoms with Gasteiger partial charge in [0.1, 0.15) is 22.3 Å². The van der Waals surface area contributed by atoms with E-state index in [9.17, 15) is 0 Å². The van der Waals surface area contributed by atoms with E-state index >= 15 is 0 Å². The first-order valence-electron chi connectivity index (χ1n) is 41.7. The van der Waals surface area contributed by atoms with Gasteiger partial charge in [0.15, 0.2) is 0 Å². The Morgan fingerprint density at radius 2 is 0.811 bits per heavy atom. The van der Waals surface area contributed by atoms with Crippen molar-refractivity contribution in [3.05, 3.63) is 411 Å². The summed E-state index contributed by atoms with van der Waals surface area (Å²) in [6.07, 6.45) is 0. The molecule has 5 heterocycles. The molecule has 1 aliphatic carbocycles. The summed E-state index contributed by atoms with van der Waals surface area (Å²) in [5.74, 6) is 0. The second-order valence-electron chi connectivity index (χ2n) is 33.2. The summed E-state index contributed by atoms with van der Waals surface area (Å²) in [7, 11) is 0. The maximum atomic E-state index is 6.46. The van der Waals surface area contributed by atoms with E-state index in [0.717, 1.165) is 94.7 Å². The molecule has 0 fully saturated rings. The highest BCUT2D eigenvalue weighted by atomic mass is 32.2. The van der Waals surface area contributed by atoms with Crippen molar-refractivity contribution in [1.29, 1.82) is 0 Å². The Labute approximate surface area is 718 Å². The summed E-state index contributed by atoms with van der Waals surface area (Å²) in [4.78, 5) is 2.67. The van der Waals surface area contributed by atoms with Gasteiger partial charge in [0.25, 0.3) is 0 Å². The zero-order valence-corrected chi connectivity index (χ0v) is 69.9. The molecule has 0 amide bonds. The van der Waals surface area contributed by atoms with Crippen LogP contribution in [0.1, 0.15) is 49.9 Å². The highest BCUT2D eigenvalue weighted by Crippen LogP contribution is 2.54. The van der Waals surface area contributed by atoms with E-state index < -0.39 is 0 Å². The number of furan rings is 2. The average molecular weight is 1620 g/mol. The minimum absolute atomic E-state index is 0.00427. The molecule has 19 aromatic carbocycles. The van der Waals surface area contributed by atoms with Gasteiger partial charge in [-0.1, -0.05) is 294 Å². The third kappa shape index (κ3) is 12.7. The molecule has 23 aromatic rings. The minimum Gasteiger partial charge on any atom is -0.456 e. The van der Waals surface area contributed by atoms with Crippen LogP contribution < -0.4 is 16.0 Å². The van der Waals surface area contributed by atoms with Crippen molar-refractivity contribution in [2.75, 3.05) is 16.0 Å². The van der Waals surface area contributed by atoms with E-state index in [1.807, 2.05) is 64.8 Å². The first kappa shape index (κ1) is 72.9. The van der Waals surface area contributed by atoms with Crippen LogP contribution in [-0.2, 0) is 10.8 Å². The highest BCUT2D eigenvalue weighted by molar-refractivity contribution is 7.99. The predicted octanol–water partition coefficient (Wildman–Crippen LogP) is 34.0. The maximum absolute atomic E-state index is 6.46. The molecule has 1 aliphatic heterocycles. The van der Waals surface area contributed by atoms with E-state index in [1.165, 1.54) is 144 Å². The Morgan fingerprint density at radius 1 is 0.238 bits per heavy atom. The van der Waals surface area contributed by atoms with Crippen LogP contribution in [0.3, 0.4) is 0 Å². The number of fused-ring (bicyclic) bond motifs is 20. The lowest BCUT2D eigenvalue weighted by Crippen LogP contribution is -2.23. The predicted molar refractivity (Wildman–Crippen MR) is 523 cm³/mol. The molecule has 8 heteroatoms. The van der Waals surface area contributed by atoms with Gasteiger partial charge in [-0.15, -0.1) is 22.7 Å². The summed E-state index contributed by atoms with van der Waals surface area (Å²) in [6, 6.07) is 140. The third-order valence-corrected chi connectivity index (χ3v) is 28.6. The Hall–Kier alpha value is -14.3. The van der Waals surface area contributed by atoms with Gasteiger partial charge in [-0.25, -0.2) is 0 Å². The van der Waals surface area contributed by atoms with E-state index in [1.54, 1.807) is 0 Å². The number of hydrogen-bond acceptors (Lipinski definition) is 8. The van der Waals surface area contributed by atoms with E-state index in [-0.39, 0.29) is 10.8 Å². The molecule has 0 saturated carbocycles. The molecule has 4 aromatic heterocycles. The van der Waals surface area contributed by atoms with Crippen LogP contribution in [0.25, 0.3) is 172 Å². The lowest BCUT2D eigenvalue weighted by Gasteiger charge is -2.34. The van der Waals surface area contributed by atoms with Crippen molar-refractivity contribution < 1.29 is 8.83 Å². The summed E-state index contributed by atoms with van der Waals surface area (Å²) >= 11 is 5.61. The molecule has 0 unspecified atom stereocenters. The summed E-state index contributed by atoms with van der Waals surface area (Å²) in [5, 5.41) is 28.4. The van der Waals surface area contributed by atoms with Gasteiger partial charge >= 0.3 is 0 Å². The number of anilines is 6. The van der Waals surface area contributed by atoms with Crippen LogP contribution in [0.2, 0.25) is 0 Å². The first-order chi connectivity index (χ1) is 59.9. The van der Waals surface area contributed by atoms with Crippen molar-refractivity contribution in [2.24, 2.45) is 0 Å². The lowest BCUT2D eigenvalue weighted by atomic mass is 9.77. The second kappa shape index (κ2) is 29.3. The SMILES string of the molecule is CC1(C)c2ccccc2-c2ccc(-c3ccc(Nc4cc(-c5cccc6ccccc56)c5sc6ccccc6c5c4)cc3)cc21.CC1(C)c2ccccc2Sc2ccc(Nc3cc(-c4ccc5ccccc5c4)c4oc5ccccc5c4c3)cc21.c1ccc(Nc2cc(-c3cccc4cc5c(cc34)sc3ccccc35)cc3oc4ccccc4c23)cc1. The van der Waals surface area contributed by atoms with E-state index in [2.05, 4.69) is 402 Å². The molecule has 580 valence electrons. The second-order valence-corrected chi connectivity index (χ2v) is 36.5. The minimum atomic E-state index is -0.0736. The number of hydrogen-bond donors (Lipinski definition) is 3. The summed E-state index contributed by atoms with van der Waals surface area (Å²) in [6.45, 7) is 9.34. The van der Waals surface area contributed by atoms with E-state index in [4.69, 9.17) is 8.83 Å². The third-order valence-electron chi connectivity index (χ3n) is 25.1. The Kier molecular flexibility index (Phi) is 17.5. The van der Waals surface area contributed by atoms with Gasteiger partial charge in [0, 0.05) is 117 Å². The number of benzene rings is 19. The quantitative estimate of drug-likeness (QED) is 0.127. The molecular weight excluding hydrogens is 1540 g/mol. The van der Waals surface area contributed by atoms with Crippen LogP contribution in [-0.4, -0.2) is 0 Å². The normalized spacial score (nSPS) is 13.0. The Balaban J connectivity index is 0.000000107. The van der Waals surface area contributed by atoms with Crippen molar-refractivity contribution >= 4 is 185 Å². The largest absolute Gasteiger partial charge is 0.456 e. The monoisotopic (exact) mass is 1620 g/mol. The molecular formula is C114H79N3O2S3. The fraction of sp³-hybridized carbons (Fsp3) is 0.0526. The van der Waals surface area contributed by atoms with Crippen LogP contribution in [0, 0.1) is 0 Å². The molecule has 0 atom stereocenters. The molecule has 2 aliphatic rings. The zero-order valence-electron chi connectivity index (χ0n) is 67.5. The van der Waals surface area contributed by atoms with Gasteiger partial charge < -0.3 is 24.8 Å². The van der Waals surface area contributed by atoms with Crippen molar-refractivity contribution in [2.45, 2.75) is 48.3 Å². The van der Waals surface area contributed by atoms with Crippen molar-refractivity contribution in [3.8, 4) is 55.6 Å². The number of rotatable bonds is 10. The number of nitrogens with one attached hydrogen (secondary N) is 3. The van der Waals surface area contributed by atoms with Crippen LogP contribution in [0.15, 0.2) is 407 Å². The topological polar surface area (TPSA) is 62.4 Å². The Morgan fingerprint density at radius 3 is 1.63 bits per heavy atom. The summed E-state index contributed by atoms with van der Waals surface area (Å²) < 4.78 is 18.1. The molecule has 25 rings (SSSR count). The molecule has 0 saturated heterocycles. The average Bonchev–Trinajstić information content (AvgIpc) is 0.980. The molecule has 0 bridgehead atoms. The Bertz CT molecular complexity index is 8160. The molecule has 5 nitrogen and oxygen atoms in total. The van der Waals surface area contributed by atoms with Crippen molar-refractivity contribution in [1.82, 2.24) is 0 Å².